The van der Waals surface area contributed by atoms with Gasteiger partial charge in [-0.25, -0.2) is 0 Å². The van der Waals surface area contributed by atoms with Crippen LogP contribution in [-0.2, 0) is 0 Å². The molecule has 0 bridgehead atoms. The highest BCUT2D eigenvalue weighted by atomic mass is 16.1. The SMILES string of the molecule is CC(=O)c1ccn(-c2ccccc2C)c1. The van der Waals surface area contributed by atoms with Crippen LogP contribution in [-0.4, -0.2) is 10.4 Å². The third kappa shape index (κ3) is 1.84. The molecule has 1 aromatic heterocycles. The van der Waals surface area contributed by atoms with Gasteiger partial charge in [-0.15, -0.1) is 0 Å². The molecule has 2 rings (SSSR count). The van der Waals surface area contributed by atoms with Crippen LogP contribution >= 0.6 is 0 Å². The van der Waals surface area contributed by atoms with E-state index < -0.39 is 0 Å². The Morgan fingerprint density at radius 1 is 1.20 bits per heavy atom. The number of carbonyl (C=O) groups excluding carboxylic acids is 1. The molecule has 0 aliphatic rings. The lowest BCUT2D eigenvalue weighted by Crippen LogP contribution is -1.94. The van der Waals surface area contributed by atoms with Crippen molar-refractivity contribution in [1.29, 1.82) is 0 Å². The van der Waals surface area contributed by atoms with Gasteiger partial charge in [-0.2, -0.15) is 0 Å². The van der Waals surface area contributed by atoms with E-state index in [2.05, 4.69) is 13.0 Å². The van der Waals surface area contributed by atoms with Gasteiger partial charge in [0.2, 0.25) is 0 Å². The number of para-hydroxylation sites is 1. The molecule has 0 saturated carbocycles. The topological polar surface area (TPSA) is 22.0 Å². The largest absolute Gasteiger partial charge is 0.323 e. The molecule has 0 N–H and O–H groups in total. The molecular formula is C13H13NO. The van der Waals surface area contributed by atoms with Crippen LogP contribution in [0.4, 0.5) is 0 Å². The Morgan fingerprint density at radius 2 is 1.93 bits per heavy atom. The maximum atomic E-state index is 11.2. The molecule has 1 aromatic carbocycles. The molecule has 0 aliphatic carbocycles. The van der Waals surface area contributed by atoms with Gasteiger partial charge in [0.15, 0.2) is 5.78 Å². The second-order valence-corrected chi connectivity index (χ2v) is 3.65. The predicted octanol–water partition coefficient (Wildman–Crippen LogP) is 2.99. The number of Topliss-reactive ketones (excluding diaryl/α,β-unsaturated/α-hetero) is 1. The highest BCUT2D eigenvalue weighted by Crippen LogP contribution is 2.15. The minimum atomic E-state index is 0.0994. The second kappa shape index (κ2) is 3.73. The molecule has 0 radical (unpaired) electrons. The molecule has 2 heteroatoms. The lowest BCUT2D eigenvalue weighted by atomic mass is 10.2. The summed E-state index contributed by atoms with van der Waals surface area (Å²) in [6, 6.07) is 9.95. The number of ketones is 1. The Hall–Kier alpha value is -1.83. The van der Waals surface area contributed by atoms with Crippen molar-refractivity contribution in [3.8, 4) is 5.69 Å². The lowest BCUT2D eigenvalue weighted by molar-refractivity contribution is 0.101. The molecule has 0 fully saturated rings. The molecule has 2 aromatic rings. The molecule has 76 valence electrons. The number of hydrogen-bond acceptors (Lipinski definition) is 1. The summed E-state index contributed by atoms with van der Waals surface area (Å²) in [7, 11) is 0. The van der Waals surface area contributed by atoms with E-state index in [-0.39, 0.29) is 5.78 Å². The molecular weight excluding hydrogens is 186 g/mol. The fourth-order valence-electron chi connectivity index (χ4n) is 1.61. The van der Waals surface area contributed by atoms with E-state index in [0.717, 1.165) is 11.3 Å². The van der Waals surface area contributed by atoms with E-state index in [9.17, 15) is 4.79 Å². The average Bonchev–Trinajstić information content (AvgIpc) is 2.67. The second-order valence-electron chi connectivity index (χ2n) is 3.65. The van der Waals surface area contributed by atoms with Crippen molar-refractivity contribution in [1.82, 2.24) is 4.57 Å². The van der Waals surface area contributed by atoms with Gasteiger partial charge in [-0.3, -0.25) is 4.79 Å². The zero-order valence-corrected chi connectivity index (χ0v) is 8.90. The molecule has 0 amide bonds. The molecule has 0 spiro atoms. The Kier molecular flexibility index (Phi) is 2.42. The van der Waals surface area contributed by atoms with Gasteiger partial charge >= 0.3 is 0 Å². The van der Waals surface area contributed by atoms with Crippen molar-refractivity contribution in [2.45, 2.75) is 13.8 Å². The van der Waals surface area contributed by atoms with Gasteiger partial charge in [0.1, 0.15) is 0 Å². The zero-order chi connectivity index (χ0) is 10.8. The van der Waals surface area contributed by atoms with Crippen LogP contribution in [0.15, 0.2) is 42.7 Å². The van der Waals surface area contributed by atoms with Gasteiger partial charge in [-0.1, -0.05) is 18.2 Å². The molecule has 1 heterocycles. The molecule has 2 nitrogen and oxygen atoms in total. The summed E-state index contributed by atoms with van der Waals surface area (Å²) in [5.41, 5.74) is 3.06. The van der Waals surface area contributed by atoms with E-state index >= 15 is 0 Å². The summed E-state index contributed by atoms with van der Waals surface area (Å²) in [5.74, 6) is 0.0994. The Balaban J connectivity index is 2.46. The van der Waals surface area contributed by atoms with Crippen LogP contribution in [0.2, 0.25) is 0 Å². The third-order valence-corrected chi connectivity index (χ3v) is 2.49. The Labute approximate surface area is 89.2 Å². The number of benzene rings is 1. The van der Waals surface area contributed by atoms with Crippen molar-refractivity contribution in [3.63, 3.8) is 0 Å². The summed E-state index contributed by atoms with van der Waals surface area (Å²) in [6.07, 6.45) is 3.78. The monoisotopic (exact) mass is 199 g/mol. The first-order chi connectivity index (χ1) is 7.18. The number of rotatable bonds is 2. The first-order valence-corrected chi connectivity index (χ1v) is 4.93. The average molecular weight is 199 g/mol. The zero-order valence-electron chi connectivity index (χ0n) is 8.90. The predicted molar refractivity (Wildman–Crippen MR) is 60.5 cm³/mol. The molecule has 0 aliphatic heterocycles. The number of hydrogen-bond donors (Lipinski definition) is 0. The van der Waals surface area contributed by atoms with Crippen LogP contribution < -0.4 is 0 Å². The standard InChI is InChI=1S/C13H13NO/c1-10-5-3-4-6-13(10)14-8-7-12(9-14)11(2)15/h3-9H,1-2H3. The molecule has 0 saturated heterocycles. The maximum absolute atomic E-state index is 11.2. The third-order valence-electron chi connectivity index (χ3n) is 2.49. The minimum absolute atomic E-state index is 0.0994. The lowest BCUT2D eigenvalue weighted by Gasteiger charge is -2.05. The number of nitrogens with zero attached hydrogens (tertiary/aromatic N) is 1. The van der Waals surface area contributed by atoms with Gasteiger partial charge in [0, 0.05) is 23.6 Å². The fourth-order valence-corrected chi connectivity index (χ4v) is 1.61. The van der Waals surface area contributed by atoms with Crippen LogP contribution in [0.3, 0.4) is 0 Å². The van der Waals surface area contributed by atoms with Gasteiger partial charge in [-0.05, 0) is 31.5 Å². The van der Waals surface area contributed by atoms with Crippen LogP contribution in [0.5, 0.6) is 0 Å². The summed E-state index contributed by atoms with van der Waals surface area (Å²) >= 11 is 0. The van der Waals surface area contributed by atoms with Crippen LogP contribution in [0, 0.1) is 6.92 Å². The summed E-state index contributed by atoms with van der Waals surface area (Å²) in [5, 5.41) is 0. The van der Waals surface area contributed by atoms with E-state index in [0.29, 0.717) is 0 Å². The highest BCUT2D eigenvalue weighted by Gasteiger charge is 2.04. The molecule has 15 heavy (non-hydrogen) atoms. The number of aromatic nitrogens is 1. The van der Waals surface area contributed by atoms with Crippen LogP contribution in [0.1, 0.15) is 22.8 Å². The smallest absolute Gasteiger partial charge is 0.161 e. The van der Waals surface area contributed by atoms with Gasteiger partial charge in [0.05, 0.1) is 0 Å². The van der Waals surface area contributed by atoms with Gasteiger partial charge in [0.25, 0.3) is 0 Å². The quantitative estimate of drug-likeness (QED) is 0.681. The first kappa shape index (κ1) is 9.71. The number of aryl methyl sites for hydroxylation is 1. The van der Waals surface area contributed by atoms with Gasteiger partial charge < -0.3 is 4.57 Å². The highest BCUT2D eigenvalue weighted by molar-refractivity contribution is 5.93. The minimum Gasteiger partial charge on any atom is -0.323 e. The van der Waals surface area contributed by atoms with Crippen molar-refractivity contribution >= 4 is 5.78 Å². The van der Waals surface area contributed by atoms with E-state index in [1.165, 1.54) is 5.56 Å². The summed E-state index contributed by atoms with van der Waals surface area (Å²) < 4.78 is 1.98. The van der Waals surface area contributed by atoms with Crippen molar-refractivity contribution in [2.75, 3.05) is 0 Å². The van der Waals surface area contributed by atoms with Crippen molar-refractivity contribution < 1.29 is 4.79 Å². The summed E-state index contributed by atoms with van der Waals surface area (Å²) in [4.78, 5) is 11.2. The molecule has 0 atom stereocenters. The molecule has 0 unspecified atom stereocenters. The first-order valence-electron chi connectivity index (χ1n) is 4.93. The Bertz CT molecular complexity index is 497. The number of carbonyl (C=O) groups is 1. The van der Waals surface area contributed by atoms with Crippen LogP contribution in [0.25, 0.3) is 5.69 Å². The summed E-state index contributed by atoms with van der Waals surface area (Å²) in [6.45, 7) is 3.64. The van der Waals surface area contributed by atoms with Crippen molar-refractivity contribution in [3.05, 3.63) is 53.9 Å². The van der Waals surface area contributed by atoms with Crippen molar-refractivity contribution in [2.24, 2.45) is 0 Å². The maximum Gasteiger partial charge on any atom is 0.161 e. The Morgan fingerprint density at radius 3 is 2.53 bits per heavy atom. The van der Waals surface area contributed by atoms with E-state index in [1.807, 2.05) is 41.2 Å². The fraction of sp³-hybridized carbons (Fsp3) is 0.154. The van der Waals surface area contributed by atoms with E-state index in [4.69, 9.17) is 0 Å². The van der Waals surface area contributed by atoms with E-state index in [1.54, 1.807) is 6.92 Å². The normalized spacial score (nSPS) is 10.3.